The third kappa shape index (κ3) is 4.93. The maximum atomic E-state index is 12.8. The summed E-state index contributed by atoms with van der Waals surface area (Å²) in [4.78, 5) is 17.0. The molecule has 2 fully saturated rings. The number of aromatic nitrogens is 3. The molecule has 1 aromatic heterocycles. The molecule has 29 heavy (non-hydrogen) atoms. The molecule has 3 heterocycles. The molecule has 2 saturated heterocycles. The first kappa shape index (κ1) is 20.2. The maximum Gasteiger partial charge on any atom is 0.233 e. The summed E-state index contributed by atoms with van der Waals surface area (Å²) in [5.74, 6) is 1.42. The van der Waals surface area contributed by atoms with Crippen molar-refractivity contribution < 1.29 is 9.53 Å². The minimum absolute atomic E-state index is 0.198. The number of carbonyl (C=O) groups excluding carboxylic acids is 1. The second kappa shape index (κ2) is 9.63. The van der Waals surface area contributed by atoms with E-state index in [9.17, 15) is 4.79 Å². The molecule has 0 atom stereocenters. The average molecular weight is 416 g/mol. The lowest BCUT2D eigenvalue weighted by Gasteiger charge is -2.28. The van der Waals surface area contributed by atoms with Gasteiger partial charge in [-0.1, -0.05) is 36.7 Å². The molecule has 2 aromatic rings. The van der Waals surface area contributed by atoms with Gasteiger partial charge in [-0.15, -0.1) is 10.2 Å². The number of hydrogen-bond acceptors (Lipinski definition) is 6. The van der Waals surface area contributed by atoms with Crippen LogP contribution in [0.2, 0.25) is 0 Å². The van der Waals surface area contributed by atoms with Crippen molar-refractivity contribution >= 4 is 23.6 Å². The molecule has 8 heteroatoms. The topological polar surface area (TPSA) is 63.5 Å². The standard InChI is InChI=1S/C21H29N5O2S/c1-17-7-6-8-18(15-17)26-20(25-11-13-28-14-12-25)22-23-21(26)29-16-19(27)24-9-4-2-3-5-10-24/h6-8,15H,2-5,9-14,16H2,1H3. The smallest absolute Gasteiger partial charge is 0.233 e. The largest absolute Gasteiger partial charge is 0.378 e. The van der Waals surface area contributed by atoms with Crippen LogP contribution in [0.25, 0.3) is 5.69 Å². The Morgan fingerprint density at radius 3 is 2.55 bits per heavy atom. The zero-order valence-electron chi connectivity index (χ0n) is 17.0. The Kier molecular flexibility index (Phi) is 6.71. The quantitative estimate of drug-likeness (QED) is 0.700. The van der Waals surface area contributed by atoms with Crippen LogP contribution in [0.3, 0.4) is 0 Å². The fraction of sp³-hybridized carbons (Fsp3) is 0.571. The molecule has 1 amide bonds. The van der Waals surface area contributed by atoms with E-state index >= 15 is 0 Å². The van der Waals surface area contributed by atoms with E-state index in [1.807, 2.05) is 11.0 Å². The van der Waals surface area contributed by atoms with Gasteiger partial charge < -0.3 is 14.5 Å². The first-order valence-corrected chi connectivity index (χ1v) is 11.5. The van der Waals surface area contributed by atoms with E-state index in [1.54, 1.807) is 0 Å². The minimum Gasteiger partial charge on any atom is -0.378 e. The van der Waals surface area contributed by atoms with Gasteiger partial charge in [0.2, 0.25) is 11.9 Å². The van der Waals surface area contributed by atoms with Gasteiger partial charge >= 0.3 is 0 Å². The number of thioether (sulfide) groups is 1. The average Bonchev–Trinajstić information content (AvgIpc) is 2.97. The van der Waals surface area contributed by atoms with Crippen molar-refractivity contribution in [3.63, 3.8) is 0 Å². The molecular formula is C21H29N5O2S. The summed E-state index contributed by atoms with van der Waals surface area (Å²) in [7, 11) is 0. The summed E-state index contributed by atoms with van der Waals surface area (Å²) in [6.45, 7) is 6.81. The third-order valence-electron chi connectivity index (χ3n) is 5.45. The van der Waals surface area contributed by atoms with Gasteiger partial charge in [-0.25, -0.2) is 0 Å². The van der Waals surface area contributed by atoms with Crippen LogP contribution in [-0.4, -0.2) is 70.7 Å². The molecule has 156 valence electrons. The fourth-order valence-electron chi connectivity index (χ4n) is 3.85. The van der Waals surface area contributed by atoms with E-state index < -0.39 is 0 Å². The molecular weight excluding hydrogens is 386 g/mol. The van der Waals surface area contributed by atoms with Crippen molar-refractivity contribution in [2.75, 3.05) is 50.0 Å². The van der Waals surface area contributed by atoms with Crippen molar-refractivity contribution in [2.24, 2.45) is 0 Å². The molecule has 1 aromatic carbocycles. The highest BCUT2D eigenvalue weighted by Crippen LogP contribution is 2.28. The second-order valence-corrected chi connectivity index (χ2v) is 8.58. The highest BCUT2D eigenvalue weighted by Gasteiger charge is 2.23. The maximum absolute atomic E-state index is 12.8. The molecule has 0 bridgehead atoms. The molecule has 0 N–H and O–H groups in total. The van der Waals surface area contributed by atoms with Crippen molar-refractivity contribution in [3.8, 4) is 5.69 Å². The predicted molar refractivity (Wildman–Crippen MR) is 115 cm³/mol. The van der Waals surface area contributed by atoms with E-state index in [0.29, 0.717) is 19.0 Å². The van der Waals surface area contributed by atoms with Crippen LogP contribution in [0.15, 0.2) is 29.4 Å². The normalized spacial score (nSPS) is 18.0. The van der Waals surface area contributed by atoms with E-state index in [4.69, 9.17) is 4.74 Å². The summed E-state index contributed by atoms with van der Waals surface area (Å²) in [6, 6.07) is 8.33. The Balaban J connectivity index is 1.55. The Labute approximate surface area is 176 Å². The number of morpholine rings is 1. The molecule has 0 radical (unpaired) electrons. The molecule has 2 aliphatic heterocycles. The molecule has 0 saturated carbocycles. The number of likely N-dealkylation sites (tertiary alicyclic amines) is 1. The zero-order chi connectivity index (χ0) is 20.1. The number of rotatable bonds is 5. The SMILES string of the molecule is Cc1cccc(-n2c(SCC(=O)N3CCCCCC3)nnc2N2CCOCC2)c1. The number of amides is 1. The van der Waals surface area contributed by atoms with Gasteiger partial charge in [-0.3, -0.25) is 9.36 Å². The predicted octanol–water partition coefficient (Wildman–Crippen LogP) is 2.91. The summed E-state index contributed by atoms with van der Waals surface area (Å²) in [6.07, 6.45) is 4.66. The zero-order valence-corrected chi connectivity index (χ0v) is 17.9. The van der Waals surface area contributed by atoms with Gasteiger partial charge in [0, 0.05) is 26.2 Å². The lowest BCUT2D eigenvalue weighted by molar-refractivity contribution is -0.128. The highest BCUT2D eigenvalue weighted by atomic mass is 32.2. The first-order chi connectivity index (χ1) is 14.2. The van der Waals surface area contributed by atoms with Gasteiger partial charge in [-0.2, -0.15) is 0 Å². The van der Waals surface area contributed by atoms with Crippen LogP contribution in [0.1, 0.15) is 31.2 Å². The summed E-state index contributed by atoms with van der Waals surface area (Å²) in [5.41, 5.74) is 2.21. The number of hydrogen-bond donors (Lipinski definition) is 0. The Hall–Kier alpha value is -2.06. The summed E-state index contributed by atoms with van der Waals surface area (Å²) < 4.78 is 7.58. The molecule has 0 aliphatic carbocycles. The van der Waals surface area contributed by atoms with Crippen LogP contribution in [0.5, 0.6) is 0 Å². The highest BCUT2D eigenvalue weighted by molar-refractivity contribution is 7.99. The van der Waals surface area contributed by atoms with Crippen LogP contribution in [-0.2, 0) is 9.53 Å². The first-order valence-electron chi connectivity index (χ1n) is 10.5. The fourth-order valence-corrected chi connectivity index (χ4v) is 4.70. The minimum atomic E-state index is 0.198. The van der Waals surface area contributed by atoms with E-state index in [2.05, 4.69) is 44.8 Å². The van der Waals surface area contributed by atoms with Crippen molar-refractivity contribution in [1.29, 1.82) is 0 Å². The third-order valence-corrected chi connectivity index (χ3v) is 6.37. The van der Waals surface area contributed by atoms with Crippen molar-refractivity contribution in [1.82, 2.24) is 19.7 Å². The van der Waals surface area contributed by atoms with E-state index in [1.165, 1.54) is 30.2 Å². The number of ether oxygens (including phenoxy) is 1. The van der Waals surface area contributed by atoms with Crippen LogP contribution in [0, 0.1) is 6.92 Å². The molecule has 0 unspecified atom stereocenters. The Bertz CT molecular complexity index is 826. The number of carbonyl (C=O) groups is 1. The monoisotopic (exact) mass is 415 g/mol. The van der Waals surface area contributed by atoms with Crippen LogP contribution in [0.4, 0.5) is 5.95 Å². The molecule has 0 spiro atoms. The number of anilines is 1. The number of benzene rings is 1. The van der Waals surface area contributed by atoms with Gasteiger partial charge in [0.15, 0.2) is 5.16 Å². The van der Waals surface area contributed by atoms with Gasteiger partial charge in [0.25, 0.3) is 0 Å². The summed E-state index contributed by atoms with van der Waals surface area (Å²) in [5, 5.41) is 9.71. The molecule has 7 nitrogen and oxygen atoms in total. The van der Waals surface area contributed by atoms with Gasteiger partial charge in [-0.05, 0) is 37.5 Å². The lowest BCUT2D eigenvalue weighted by Crippen LogP contribution is -2.38. The van der Waals surface area contributed by atoms with Crippen LogP contribution < -0.4 is 4.90 Å². The van der Waals surface area contributed by atoms with Crippen molar-refractivity contribution in [3.05, 3.63) is 29.8 Å². The van der Waals surface area contributed by atoms with Crippen LogP contribution >= 0.6 is 11.8 Å². The number of nitrogens with zero attached hydrogens (tertiary/aromatic N) is 5. The number of aryl methyl sites for hydroxylation is 1. The molecule has 4 rings (SSSR count). The Morgan fingerprint density at radius 1 is 1.07 bits per heavy atom. The lowest BCUT2D eigenvalue weighted by atomic mass is 10.2. The van der Waals surface area contributed by atoms with Gasteiger partial charge in [0.1, 0.15) is 0 Å². The van der Waals surface area contributed by atoms with Crippen molar-refractivity contribution in [2.45, 2.75) is 37.8 Å². The second-order valence-electron chi connectivity index (χ2n) is 7.64. The summed E-state index contributed by atoms with van der Waals surface area (Å²) >= 11 is 1.48. The van der Waals surface area contributed by atoms with E-state index in [-0.39, 0.29) is 5.91 Å². The Morgan fingerprint density at radius 2 is 1.83 bits per heavy atom. The van der Waals surface area contributed by atoms with Gasteiger partial charge in [0.05, 0.1) is 24.7 Å². The van der Waals surface area contributed by atoms with E-state index in [0.717, 1.165) is 55.8 Å². The molecule has 2 aliphatic rings.